The van der Waals surface area contributed by atoms with Crippen LogP contribution >= 0.6 is 0 Å². The molecule has 3 N–H and O–H groups in total. The number of primary amides is 1. The van der Waals surface area contributed by atoms with Crippen molar-refractivity contribution in [1.82, 2.24) is 15.1 Å². The van der Waals surface area contributed by atoms with Crippen LogP contribution in [-0.2, 0) is 17.6 Å². The first-order chi connectivity index (χ1) is 15.4. The second kappa shape index (κ2) is 7.32. The van der Waals surface area contributed by atoms with Crippen LogP contribution in [0.15, 0.2) is 28.9 Å². The van der Waals surface area contributed by atoms with Crippen molar-refractivity contribution in [3.05, 3.63) is 47.5 Å². The average molecular weight is 439 g/mol. The molecule has 7 rings (SSSR count). The molecular formula is C24H27FN4O3. The second-order valence-electron chi connectivity index (χ2n) is 10.3. The molecule has 4 aliphatic carbocycles. The van der Waals surface area contributed by atoms with Gasteiger partial charge in [-0.2, -0.15) is 4.98 Å². The van der Waals surface area contributed by atoms with Crippen molar-refractivity contribution in [2.75, 3.05) is 0 Å². The highest BCUT2D eigenvalue weighted by atomic mass is 19.1. The molecule has 2 heterocycles. The van der Waals surface area contributed by atoms with Crippen LogP contribution in [0.1, 0.15) is 61.9 Å². The first-order valence-corrected chi connectivity index (χ1v) is 11.5. The minimum atomic E-state index is -0.915. The largest absolute Gasteiger partial charge is 0.436 e. The van der Waals surface area contributed by atoms with Crippen molar-refractivity contribution in [2.45, 2.75) is 57.5 Å². The van der Waals surface area contributed by atoms with Gasteiger partial charge in [-0.25, -0.2) is 9.18 Å². The van der Waals surface area contributed by atoms with Crippen LogP contribution in [0.2, 0.25) is 0 Å². The Labute approximate surface area is 184 Å². The Morgan fingerprint density at radius 1 is 1.25 bits per heavy atom. The summed E-state index contributed by atoms with van der Waals surface area (Å²) in [4.78, 5) is 19.3. The smallest absolute Gasteiger partial charge is 0.405 e. The maximum Gasteiger partial charge on any atom is 0.405 e. The predicted octanol–water partition coefficient (Wildman–Crippen LogP) is 4.83. The molecule has 32 heavy (non-hydrogen) atoms. The summed E-state index contributed by atoms with van der Waals surface area (Å²) < 4.78 is 24.6. The lowest BCUT2D eigenvalue weighted by Crippen LogP contribution is -2.47. The minimum Gasteiger partial charge on any atom is -0.436 e. The molecule has 4 fully saturated rings. The SMILES string of the molecule is NC(=O)O[C@@H](Cc1c[nH]c2ccc(F)cc12)c1nc(CC23CC4CC(CC(C4)C2)C3)no1. The third-order valence-electron chi connectivity index (χ3n) is 7.85. The second-order valence-corrected chi connectivity index (χ2v) is 10.3. The van der Waals surface area contributed by atoms with Gasteiger partial charge in [-0.3, -0.25) is 0 Å². The maximum absolute atomic E-state index is 13.8. The number of hydrogen-bond donors (Lipinski definition) is 2. The number of H-pyrrole nitrogens is 1. The van der Waals surface area contributed by atoms with Gasteiger partial charge in [0.15, 0.2) is 11.9 Å². The van der Waals surface area contributed by atoms with E-state index >= 15 is 0 Å². The minimum absolute atomic E-state index is 0.231. The molecule has 168 valence electrons. The lowest BCUT2D eigenvalue weighted by atomic mass is 9.49. The standard InChI is InChI=1S/C24H27FN4O3/c25-17-1-2-19-18(7-17)16(12-27-19)6-20(31-23(26)30)22-28-21(29-32-22)11-24-8-13-3-14(9-24)5-15(4-13)10-24/h1-2,7,12-15,20,27H,3-6,8-11H2,(H2,26,30)/t13?,14?,15?,20-,24?/m0/s1. The van der Waals surface area contributed by atoms with Gasteiger partial charge in [-0.1, -0.05) is 5.16 Å². The predicted molar refractivity (Wildman–Crippen MR) is 114 cm³/mol. The van der Waals surface area contributed by atoms with E-state index in [1.54, 1.807) is 12.3 Å². The van der Waals surface area contributed by atoms with Gasteiger partial charge in [0.05, 0.1) is 0 Å². The average Bonchev–Trinajstić information content (AvgIpc) is 3.33. The Balaban J connectivity index is 1.24. The molecule has 0 unspecified atom stereocenters. The molecule has 3 aromatic rings. The molecule has 0 aliphatic heterocycles. The molecule has 4 aliphatic rings. The van der Waals surface area contributed by atoms with E-state index in [0.29, 0.717) is 5.82 Å². The molecule has 0 spiro atoms. The number of carbonyl (C=O) groups excluding carboxylic acids is 1. The zero-order chi connectivity index (χ0) is 21.9. The van der Waals surface area contributed by atoms with Gasteiger partial charge in [-0.05, 0) is 85.5 Å². The van der Waals surface area contributed by atoms with Gasteiger partial charge in [0.2, 0.25) is 0 Å². The molecule has 0 saturated heterocycles. The topological polar surface area (TPSA) is 107 Å². The van der Waals surface area contributed by atoms with Gasteiger partial charge in [-0.15, -0.1) is 0 Å². The number of carbonyl (C=O) groups is 1. The van der Waals surface area contributed by atoms with Crippen molar-refractivity contribution in [3.8, 4) is 0 Å². The summed E-state index contributed by atoms with van der Waals surface area (Å²) in [7, 11) is 0. The third kappa shape index (κ3) is 3.55. The van der Waals surface area contributed by atoms with Crippen molar-refractivity contribution in [2.24, 2.45) is 28.9 Å². The number of halogens is 1. The van der Waals surface area contributed by atoms with E-state index in [9.17, 15) is 9.18 Å². The lowest BCUT2D eigenvalue weighted by molar-refractivity contribution is -0.0533. The lowest BCUT2D eigenvalue weighted by Gasteiger charge is -2.56. The molecule has 0 radical (unpaired) electrons. The van der Waals surface area contributed by atoms with Gasteiger partial charge >= 0.3 is 6.09 Å². The number of benzene rings is 1. The molecule has 4 saturated carbocycles. The summed E-state index contributed by atoms with van der Waals surface area (Å²) in [5.74, 6) is 3.11. The van der Waals surface area contributed by atoms with Crippen molar-refractivity contribution in [1.29, 1.82) is 0 Å². The zero-order valence-electron chi connectivity index (χ0n) is 17.9. The first-order valence-electron chi connectivity index (χ1n) is 11.5. The number of hydrogen-bond acceptors (Lipinski definition) is 5. The van der Waals surface area contributed by atoms with Crippen LogP contribution in [0.3, 0.4) is 0 Å². The molecule has 2 aromatic heterocycles. The Morgan fingerprint density at radius 3 is 2.66 bits per heavy atom. The molecule has 4 bridgehead atoms. The molecule has 1 aromatic carbocycles. The highest BCUT2D eigenvalue weighted by molar-refractivity contribution is 5.83. The number of aromatic amines is 1. The highest BCUT2D eigenvalue weighted by Gasteiger charge is 2.51. The zero-order valence-corrected chi connectivity index (χ0v) is 17.9. The Hall–Kier alpha value is -2.90. The molecule has 8 heteroatoms. The number of nitrogens with zero attached hydrogens (tertiary/aromatic N) is 2. The quantitative estimate of drug-likeness (QED) is 0.573. The molecule has 7 nitrogen and oxygen atoms in total. The number of fused-ring (bicyclic) bond motifs is 1. The van der Waals surface area contributed by atoms with Crippen molar-refractivity contribution >= 4 is 17.0 Å². The normalized spacial score (nSPS) is 29.5. The van der Waals surface area contributed by atoms with E-state index in [0.717, 1.165) is 40.6 Å². The fourth-order valence-electron chi connectivity index (χ4n) is 7.15. The van der Waals surface area contributed by atoms with E-state index in [2.05, 4.69) is 15.1 Å². The van der Waals surface area contributed by atoms with E-state index < -0.39 is 12.2 Å². The number of rotatable bonds is 6. The van der Waals surface area contributed by atoms with Crippen LogP contribution in [0, 0.1) is 29.0 Å². The number of aromatic nitrogens is 3. The number of amides is 1. The first kappa shape index (κ1) is 19.8. The van der Waals surface area contributed by atoms with E-state index in [4.69, 9.17) is 15.0 Å². The van der Waals surface area contributed by atoms with E-state index in [1.807, 2.05) is 0 Å². The summed E-state index contributed by atoms with van der Waals surface area (Å²) in [5, 5.41) is 4.96. The van der Waals surface area contributed by atoms with Crippen LogP contribution in [0.5, 0.6) is 0 Å². The molecule has 1 amide bonds. The monoisotopic (exact) mass is 438 g/mol. The third-order valence-corrected chi connectivity index (χ3v) is 7.85. The summed E-state index contributed by atoms with van der Waals surface area (Å²) in [6.07, 6.45) is 9.01. The van der Waals surface area contributed by atoms with E-state index in [1.165, 1.54) is 50.7 Å². The summed E-state index contributed by atoms with van der Waals surface area (Å²) >= 11 is 0. The van der Waals surface area contributed by atoms with Gasteiger partial charge in [0, 0.05) is 29.9 Å². The Morgan fingerprint density at radius 2 is 1.97 bits per heavy atom. The van der Waals surface area contributed by atoms with Gasteiger partial charge in [0.1, 0.15) is 5.82 Å². The van der Waals surface area contributed by atoms with Crippen LogP contribution in [-0.4, -0.2) is 21.2 Å². The maximum atomic E-state index is 13.8. The Kier molecular flexibility index (Phi) is 4.52. The van der Waals surface area contributed by atoms with Crippen molar-refractivity contribution < 1.29 is 18.4 Å². The van der Waals surface area contributed by atoms with Crippen molar-refractivity contribution in [3.63, 3.8) is 0 Å². The van der Waals surface area contributed by atoms with Crippen LogP contribution < -0.4 is 5.73 Å². The summed E-state index contributed by atoms with van der Waals surface area (Å²) in [6.45, 7) is 0. The summed E-state index contributed by atoms with van der Waals surface area (Å²) in [5.41, 5.74) is 7.18. The molecular weight excluding hydrogens is 411 g/mol. The number of nitrogens with two attached hydrogens (primary N) is 1. The van der Waals surface area contributed by atoms with Gasteiger partial charge in [0.25, 0.3) is 5.89 Å². The van der Waals surface area contributed by atoms with Crippen LogP contribution in [0.25, 0.3) is 10.9 Å². The summed E-state index contributed by atoms with van der Waals surface area (Å²) in [6, 6.07) is 4.53. The fourth-order valence-corrected chi connectivity index (χ4v) is 7.15. The number of ether oxygens (including phenoxy) is 1. The van der Waals surface area contributed by atoms with Gasteiger partial charge < -0.3 is 20.0 Å². The van der Waals surface area contributed by atoms with Crippen LogP contribution in [0.4, 0.5) is 9.18 Å². The fraction of sp³-hybridized carbons (Fsp3) is 0.542. The molecule has 1 atom stereocenters. The number of nitrogens with one attached hydrogen (secondary N) is 1. The van der Waals surface area contributed by atoms with E-state index in [-0.39, 0.29) is 23.5 Å². The highest BCUT2D eigenvalue weighted by Crippen LogP contribution is 2.60. The Bertz CT molecular complexity index is 1130.